The number of amides is 1. The van der Waals surface area contributed by atoms with Gasteiger partial charge in [-0.25, -0.2) is 4.39 Å². The molecule has 2 aromatic rings. The second kappa shape index (κ2) is 5.16. The average molecular weight is 281 g/mol. The predicted molar refractivity (Wildman–Crippen MR) is 70.9 cm³/mol. The molecule has 0 radical (unpaired) electrons. The van der Waals surface area contributed by atoms with E-state index < -0.39 is 11.7 Å². The molecule has 0 unspecified atom stereocenters. The van der Waals surface area contributed by atoms with Crippen molar-refractivity contribution in [3.63, 3.8) is 0 Å². The van der Waals surface area contributed by atoms with Gasteiger partial charge in [-0.1, -0.05) is 11.6 Å². The normalized spacial score (nSPS) is 10.2. The van der Waals surface area contributed by atoms with E-state index in [9.17, 15) is 9.18 Å². The van der Waals surface area contributed by atoms with Gasteiger partial charge in [0.05, 0.1) is 10.6 Å². The SMILES string of the molecule is NC(=O)c1cc(N)ccc1Oc1ccc(F)c(Cl)c1. The van der Waals surface area contributed by atoms with E-state index in [1.54, 1.807) is 6.07 Å². The van der Waals surface area contributed by atoms with Crippen LogP contribution in [0.25, 0.3) is 0 Å². The van der Waals surface area contributed by atoms with E-state index in [-0.39, 0.29) is 16.3 Å². The van der Waals surface area contributed by atoms with Crippen molar-refractivity contribution in [2.75, 3.05) is 5.73 Å². The topological polar surface area (TPSA) is 78.3 Å². The van der Waals surface area contributed by atoms with E-state index in [0.29, 0.717) is 11.4 Å². The van der Waals surface area contributed by atoms with Crippen LogP contribution in [0.3, 0.4) is 0 Å². The molecule has 1 amide bonds. The van der Waals surface area contributed by atoms with Crippen LogP contribution in [-0.4, -0.2) is 5.91 Å². The zero-order valence-corrected chi connectivity index (χ0v) is 10.4. The molecule has 6 heteroatoms. The molecule has 0 spiro atoms. The van der Waals surface area contributed by atoms with Crippen molar-refractivity contribution >= 4 is 23.2 Å². The fourth-order valence-electron chi connectivity index (χ4n) is 1.50. The molecule has 2 rings (SSSR count). The molecule has 19 heavy (non-hydrogen) atoms. The van der Waals surface area contributed by atoms with Crippen LogP contribution >= 0.6 is 11.6 Å². The fourth-order valence-corrected chi connectivity index (χ4v) is 1.67. The first-order valence-electron chi connectivity index (χ1n) is 5.29. The molecule has 98 valence electrons. The fraction of sp³-hybridized carbons (Fsp3) is 0. The van der Waals surface area contributed by atoms with E-state index in [4.69, 9.17) is 27.8 Å². The van der Waals surface area contributed by atoms with Gasteiger partial charge in [-0.05, 0) is 30.3 Å². The summed E-state index contributed by atoms with van der Waals surface area (Å²) in [6, 6.07) is 8.33. The number of anilines is 1. The number of carbonyl (C=O) groups is 1. The molecule has 0 aliphatic heterocycles. The van der Waals surface area contributed by atoms with E-state index in [2.05, 4.69) is 0 Å². The summed E-state index contributed by atoms with van der Waals surface area (Å²) in [5, 5.41) is -0.0754. The number of nitrogen functional groups attached to an aromatic ring is 1. The lowest BCUT2D eigenvalue weighted by molar-refractivity contribution is 0.0998. The van der Waals surface area contributed by atoms with Gasteiger partial charge in [-0.2, -0.15) is 0 Å². The predicted octanol–water partition coefficient (Wildman–Crippen LogP) is 2.95. The Morgan fingerprint density at radius 2 is 1.95 bits per heavy atom. The summed E-state index contributed by atoms with van der Waals surface area (Å²) in [4.78, 5) is 11.3. The highest BCUT2D eigenvalue weighted by Gasteiger charge is 2.11. The van der Waals surface area contributed by atoms with Crippen molar-refractivity contribution in [2.24, 2.45) is 5.73 Å². The molecule has 0 aromatic heterocycles. The Kier molecular flexibility index (Phi) is 3.57. The number of nitrogens with two attached hydrogens (primary N) is 2. The van der Waals surface area contributed by atoms with Crippen LogP contribution in [0, 0.1) is 5.82 Å². The van der Waals surface area contributed by atoms with Crippen molar-refractivity contribution in [3.8, 4) is 11.5 Å². The van der Waals surface area contributed by atoms with Crippen LogP contribution in [0.1, 0.15) is 10.4 Å². The Hall–Kier alpha value is -2.27. The van der Waals surface area contributed by atoms with Crippen LogP contribution in [-0.2, 0) is 0 Å². The molecule has 0 aliphatic rings. The number of hydrogen-bond donors (Lipinski definition) is 2. The van der Waals surface area contributed by atoms with Crippen molar-refractivity contribution in [3.05, 3.63) is 52.8 Å². The first kappa shape index (κ1) is 13.2. The maximum atomic E-state index is 13.0. The second-order valence-electron chi connectivity index (χ2n) is 3.80. The van der Waals surface area contributed by atoms with Crippen LogP contribution < -0.4 is 16.2 Å². The van der Waals surface area contributed by atoms with E-state index >= 15 is 0 Å². The summed E-state index contributed by atoms with van der Waals surface area (Å²) in [6.45, 7) is 0. The molecule has 2 aromatic carbocycles. The third-order valence-corrected chi connectivity index (χ3v) is 2.68. The third-order valence-electron chi connectivity index (χ3n) is 2.39. The molecule has 0 fully saturated rings. The zero-order chi connectivity index (χ0) is 14.0. The highest BCUT2D eigenvalue weighted by Crippen LogP contribution is 2.29. The number of ether oxygens (including phenoxy) is 1. The summed E-state index contributed by atoms with van der Waals surface area (Å²) in [5.41, 5.74) is 11.3. The summed E-state index contributed by atoms with van der Waals surface area (Å²) >= 11 is 5.64. The smallest absolute Gasteiger partial charge is 0.252 e. The third kappa shape index (κ3) is 2.95. The molecule has 4 N–H and O–H groups in total. The van der Waals surface area contributed by atoms with Crippen LogP contribution in [0.5, 0.6) is 11.5 Å². The molecular weight excluding hydrogens is 271 g/mol. The largest absolute Gasteiger partial charge is 0.456 e. The van der Waals surface area contributed by atoms with Gasteiger partial charge in [0.2, 0.25) is 0 Å². The van der Waals surface area contributed by atoms with Crippen molar-refractivity contribution in [2.45, 2.75) is 0 Å². The zero-order valence-electron chi connectivity index (χ0n) is 9.69. The minimum atomic E-state index is -0.671. The molecule has 0 bridgehead atoms. The quantitative estimate of drug-likeness (QED) is 0.849. The Bertz CT molecular complexity index is 647. The minimum Gasteiger partial charge on any atom is -0.456 e. The van der Waals surface area contributed by atoms with Crippen LogP contribution in [0.15, 0.2) is 36.4 Å². The van der Waals surface area contributed by atoms with Gasteiger partial charge >= 0.3 is 0 Å². The minimum absolute atomic E-state index is 0.0754. The lowest BCUT2D eigenvalue weighted by Gasteiger charge is -2.10. The Morgan fingerprint density at radius 1 is 1.21 bits per heavy atom. The monoisotopic (exact) mass is 280 g/mol. The van der Waals surface area contributed by atoms with Crippen LogP contribution in [0.2, 0.25) is 5.02 Å². The summed E-state index contributed by atoms with van der Waals surface area (Å²) in [6.07, 6.45) is 0. The lowest BCUT2D eigenvalue weighted by atomic mass is 10.1. The van der Waals surface area contributed by atoms with E-state index in [1.165, 1.54) is 30.3 Å². The first-order chi connectivity index (χ1) is 8.97. The molecule has 0 saturated carbocycles. The average Bonchev–Trinajstić information content (AvgIpc) is 2.36. The molecule has 0 saturated heterocycles. The number of benzene rings is 2. The van der Waals surface area contributed by atoms with Gasteiger partial charge in [0.25, 0.3) is 5.91 Å². The molecule has 0 atom stereocenters. The number of hydrogen-bond acceptors (Lipinski definition) is 3. The summed E-state index contributed by atoms with van der Waals surface area (Å²) in [5.74, 6) is -0.708. The van der Waals surface area contributed by atoms with Gasteiger partial charge in [0, 0.05) is 11.8 Å². The van der Waals surface area contributed by atoms with Gasteiger partial charge < -0.3 is 16.2 Å². The Morgan fingerprint density at radius 3 is 2.58 bits per heavy atom. The van der Waals surface area contributed by atoms with E-state index in [1.807, 2.05) is 0 Å². The molecule has 0 aliphatic carbocycles. The number of rotatable bonds is 3. The highest BCUT2D eigenvalue weighted by atomic mass is 35.5. The number of carbonyl (C=O) groups excluding carboxylic acids is 1. The Balaban J connectivity index is 2.37. The summed E-state index contributed by atoms with van der Waals surface area (Å²) in [7, 11) is 0. The van der Waals surface area contributed by atoms with Crippen molar-refractivity contribution in [1.29, 1.82) is 0 Å². The van der Waals surface area contributed by atoms with Gasteiger partial charge in [0.15, 0.2) is 0 Å². The van der Waals surface area contributed by atoms with Crippen molar-refractivity contribution < 1.29 is 13.9 Å². The molecular formula is C13H10ClFN2O2. The van der Waals surface area contributed by atoms with E-state index in [0.717, 1.165) is 0 Å². The van der Waals surface area contributed by atoms with Gasteiger partial charge in [-0.15, -0.1) is 0 Å². The number of primary amides is 1. The van der Waals surface area contributed by atoms with Gasteiger partial charge in [0.1, 0.15) is 17.3 Å². The highest BCUT2D eigenvalue weighted by molar-refractivity contribution is 6.30. The molecule has 0 heterocycles. The van der Waals surface area contributed by atoms with Gasteiger partial charge in [-0.3, -0.25) is 4.79 Å². The second-order valence-corrected chi connectivity index (χ2v) is 4.21. The maximum Gasteiger partial charge on any atom is 0.252 e. The molecule has 4 nitrogen and oxygen atoms in total. The standard InChI is InChI=1S/C13H10ClFN2O2/c14-10-6-8(2-3-11(10)15)19-12-4-1-7(16)5-9(12)13(17)18/h1-6H,16H2,(H2,17,18). The van der Waals surface area contributed by atoms with Crippen molar-refractivity contribution in [1.82, 2.24) is 0 Å². The maximum absolute atomic E-state index is 13.0. The van der Waals surface area contributed by atoms with Crippen LogP contribution in [0.4, 0.5) is 10.1 Å². The Labute approximate surface area is 113 Å². The first-order valence-corrected chi connectivity index (χ1v) is 5.67. The summed E-state index contributed by atoms with van der Waals surface area (Å²) < 4.78 is 18.5. The number of halogens is 2. The lowest BCUT2D eigenvalue weighted by Crippen LogP contribution is -2.12.